The van der Waals surface area contributed by atoms with Gasteiger partial charge < -0.3 is 19.6 Å². The van der Waals surface area contributed by atoms with E-state index >= 15 is 0 Å². The van der Waals surface area contributed by atoms with Crippen LogP contribution in [0.2, 0.25) is 0 Å². The Morgan fingerprint density at radius 3 is 2.88 bits per heavy atom. The predicted molar refractivity (Wildman–Crippen MR) is 93.3 cm³/mol. The molecule has 2 aliphatic rings. The van der Waals surface area contributed by atoms with Crippen molar-refractivity contribution in [3.8, 4) is 0 Å². The molecule has 0 spiro atoms. The summed E-state index contributed by atoms with van der Waals surface area (Å²) < 4.78 is 5.31. The van der Waals surface area contributed by atoms with E-state index in [9.17, 15) is 9.90 Å². The first-order chi connectivity index (χ1) is 12.1. The Kier molecular flexibility index (Phi) is 5.82. The van der Waals surface area contributed by atoms with Crippen LogP contribution in [0, 0.1) is 0 Å². The van der Waals surface area contributed by atoms with Gasteiger partial charge in [-0.1, -0.05) is 0 Å². The van der Waals surface area contributed by atoms with Crippen molar-refractivity contribution in [1.82, 2.24) is 19.8 Å². The number of nitrogens with zero attached hydrogens (tertiary/aromatic N) is 5. The highest BCUT2D eigenvalue weighted by Gasteiger charge is 2.36. The quantitative estimate of drug-likeness (QED) is 0.774. The number of likely N-dealkylation sites (N-methyl/N-ethyl adjacent to an activating group) is 1. The summed E-state index contributed by atoms with van der Waals surface area (Å²) in [4.78, 5) is 26.7. The number of rotatable bonds is 5. The molecule has 2 saturated heterocycles. The van der Waals surface area contributed by atoms with Gasteiger partial charge >= 0.3 is 0 Å². The lowest BCUT2D eigenvalue weighted by Gasteiger charge is -2.41. The molecule has 0 radical (unpaired) electrons. The van der Waals surface area contributed by atoms with E-state index < -0.39 is 5.60 Å². The van der Waals surface area contributed by atoms with Crippen LogP contribution in [-0.2, 0) is 9.53 Å². The summed E-state index contributed by atoms with van der Waals surface area (Å²) in [6, 6.07) is 0. The zero-order valence-electron chi connectivity index (χ0n) is 14.8. The largest absolute Gasteiger partial charge is 0.386 e. The van der Waals surface area contributed by atoms with Crippen molar-refractivity contribution in [2.45, 2.75) is 18.4 Å². The molecule has 2 fully saturated rings. The van der Waals surface area contributed by atoms with Gasteiger partial charge in [0.1, 0.15) is 5.82 Å². The molecule has 0 aliphatic carbocycles. The van der Waals surface area contributed by atoms with Crippen LogP contribution in [0.4, 0.5) is 5.82 Å². The standard InChI is InChI=1S/C17H27N5O3/c1-20(16(23)12-21-7-9-25-10-8-21)13-17(24)3-2-6-22(14-17)15-11-18-4-5-19-15/h4-5,11,24H,2-3,6-10,12-14H2,1H3/t17-/m0/s1. The second-order valence-corrected chi connectivity index (χ2v) is 6.95. The second-order valence-electron chi connectivity index (χ2n) is 6.95. The molecule has 25 heavy (non-hydrogen) atoms. The van der Waals surface area contributed by atoms with E-state index in [1.807, 2.05) is 4.90 Å². The zero-order valence-corrected chi connectivity index (χ0v) is 14.8. The Labute approximate surface area is 148 Å². The van der Waals surface area contributed by atoms with Gasteiger partial charge in [-0.15, -0.1) is 0 Å². The van der Waals surface area contributed by atoms with Crippen LogP contribution in [0.3, 0.4) is 0 Å². The minimum absolute atomic E-state index is 0.0342. The fourth-order valence-corrected chi connectivity index (χ4v) is 3.49. The van der Waals surface area contributed by atoms with Crippen LogP contribution in [0.1, 0.15) is 12.8 Å². The lowest BCUT2D eigenvalue weighted by Crippen LogP contribution is -2.56. The SMILES string of the molecule is CN(C[C@@]1(O)CCCN(c2cnccn2)C1)C(=O)CN1CCOCC1. The number of anilines is 1. The maximum atomic E-state index is 12.5. The van der Waals surface area contributed by atoms with Crippen molar-refractivity contribution < 1.29 is 14.6 Å². The Morgan fingerprint density at radius 2 is 2.16 bits per heavy atom. The molecule has 3 rings (SSSR count). The van der Waals surface area contributed by atoms with Gasteiger partial charge in [0, 0.05) is 45.6 Å². The van der Waals surface area contributed by atoms with E-state index in [0.717, 1.165) is 31.9 Å². The third-order valence-electron chi connectivity index (χ3n) is 4.85. The van der Waals surface area contributed by atoms with E-state index in [1.54, 1.807) is 30.5 Å². The molecular weight excluding hydrogens is 322 g/mol. The molecule has 138 valence electrons. The highest BCUT2D eigenvalue weighted by Crippen LogP contribution is 2.25. The van der Waals surface area contributed by atoms with Gasteiger partial charge in [0.05, 0.1) is 38.1 Å². The summed E-state index contributed by atoms with van der Waals surface area (Å²) in [7, 11) is 1.77. The first-order valence-corrected chi connectivity index (χ1v) is 8.83. The molecule has 8 nitrogen and oxygen atoms in total. The van der Waals surface area contributed by atoms with Crippen molar-refractivity contribution >= 4 is 11.7 Å². The third-order valence-corrected chi connectivity index (χ3v) is 4.85. The molecule has 0 saturated carbocycles. The van der Waals surface area contributed by atoms with Crippen molar-refractivity contribution in [2.24, 2.45) is 0 Å². The Bertz CT molecular complexity index is 567. The first-order valence-electron chi connectivity index (χ1n) is 8.83. The van der Waals surface area contributed by atoms with Gasteiger partial charge in [-0.25, -0.2) is 4.98 Å². The Balaban J connectivity index is 1.55. The predicted octanol–water partition coefficient (Wildman–Crippen LogP) is -0.401. The molecule has 8 heteroatoms. The minimum atomic E-state index is -0.925. The number of ether oxygens (including phenoxy) is 1. The van der Waals surface area contributed by atoms with E-state index in [2.05, 4.69) is 14.9 Å². The number of carbonyl (C=O) groups is 1. The maximum Gasteiger partial charge on any atom is 0.236 e. The minimum Gasteiger partial charge on any atom is -0.386 e. The molecule has 1 atom stereocenters. The van der Waals surface area contributed by atoms with Crippen molar-refractivity contribution in [1.29, 1.82) is 0 Å². The number of carbonyl (C=O) groups excluding carboxylic acids is 1. The summed E-state index contributed by atoms with van der Waals surface area (Å²) in [6.45, 7) is 4.92. The van der Waals surface area contributed by atoms with Crippen LogP contribution < -0.4 is 4.90 Å². The van der Waals surface area contributed by atoms with E-state index in [-0.39, 0.29) is 5.91 Å². The summed E-state index contributed by atoms with van der Waals surface area (Å²) >= 11 is 0. The number of aliphatic hydroxyl groups is 1. The first kappa shape index (κ1) is 18.0. The number of hydrogen-bond acceptors (Lipinski definition) is 7. The highest BCUT2D eigenvalue weighted by atomic mass is 16.5. The zero-order chi connectivity index (χ0) is 17.7. The lowest BCUT2D eigenvalue weighted by atomic mass is 9.92. The molecule has 3 heterocycles. The topological polar surface area (TPSA) is 82.0 Å². The van der Waals surface area contributed by atoms with Crippen molar-refractivity contribution in [3.63, 3.8) is 0 Å². The van der Waals surface area contributed by atoms with E-state index in [1.165, 1.54) is 0 Å². The average Bonchev–Trinajstić information content (AvgIpc) is 2.63. The summed E-state index contributed by atoms with van der Waals surface area (Å²) in [5.74, 6) is 0.801. The van der Waals surface area contributed by atoms with Crippen molar-refractivity contribution in [3.05, 3.63) is 18.6 Å². The van der Waals surface area contributed by atoms with Gasteiger partial charge in [0.25, 0.3) is 0 Å². The van der Waals surface area contributed by atoms with Crippen LogP contribution in [-0.4, -0.2) is 95.9 Å². The molecule has 0 aromatic carbocycles. The number of morpholine rings is 1. The van der Waals surface area contributed by atoms with Gasteiger partial charge in [0.15, 0.2) is 0 Å². The fourth-order valence-electron chi connectivity index (χ4n) is 3.49. The molecule has 1 aromatic heterocycles. The smallest absolute Gasteiger partial charge is 0.236 e. The molecule has 0 bridgehead atoms. The van der Waals surface area contributed by atoms with E-state index in [4.69, 9.17) is 4.74 Å². The van der Waals surface area contributed by atoms with Crippen LogP contribution in [0.5, 0.6) is 0 Å². The fraction of sp³-hybridized carbons (Fsp3) is 0.706. The number of amides is 1. The summed E-state index contributed by atoms with van der Waals surface area (Å²) in [6.07, 6.45) is 6.54. The third kappa shape index (κ3) is 4.87. The Morgan fingerprint density at radius 1 is 1.36 bits per heavy atom. The number of aromatic nitrogens is 2. The Hall–Kier alpha value is -1.77. The van der Waals surface area contributed by atoms with Crippen LogP contribution >= 0.6 is 0 Å². The number of β-amino-alcohol motifs (C(OH)–C–C–N with tert-alkyl or cyclic N) is 1. The highest BCUT2D eigenvalue weighted by molar-refractivity contribution is 5.78. The summed E-state index contributed by atoms with van der Waals surface area (Å²) in [5.41, 5.74) is -0.925. The van der Waals surface area contributed by atoms with Gasteiger partial charge in [-0.05, 0) is 12.8 Å². The molecular formula is C17H27N5O3. The second kappa shape index (κ2) is 8.07. The lowest BCUT2D eigenvalue weighted by molar-refractivity contribution is -0.135. The van der Waals surface area contributed by atoms with E-state index in [0.29, 0.717) is 39.3 Å². The summed E-state index contributed by atoms with van der Waals surface area (Å²) in [5, 5.41) is 11.0. The molecule has 1 N–H and O–H groups in total. The molecule has 1 amide bonds. The van der Waals surface area contributed by atoms with Gasteiger partial charge in [-0.2, -0.15) is 0 Å². The molecule has 1 aromatic rings. The van der Waals surface area contributed by atoms with Gasteiger partial charge in [-0.3, -0.25) is 14.7 Å². The number of piperidine rings is 1. The average molecular weight is 349 g/mol. The molecule has 0 unspecified atom stereocenters. The normalized spacial score (nSPS) is 25.0. The number of hydrogen-bond donors (Lipinski definition) is 1. The van der Waals surface area contributed by atoms with Crippen LogP contribution in [0.25, 0.3) is 0 Å². The molecule has 2 aliphatic heterocycles. The monoisotopic (exact) mass is 349 g/mol. The van der Waals surface area contributed by atoms with Gasteiger partial charge in [0.2, 0.25) is 5.91 Å². The van der Waals surface area contributed by atoms with Crippen LogP contribution in [0.15, 0.2) is 18.6 Å². The van der Waals surface area contributed by atoms with Crippen molar-refractivity contribution in [2.75, 3.05) is 64.4 Å². The maximum absolute atomic E-state index is 12.5.